The quantitative estimate of drug-likeness (QED) is 0.511. The van der Waals surface area contributed by atoms with Gasteiger partial charge in [-0.2, -0.15) is 0 Å². The van der Waals surface area contributed by atoms with Crippen LogP contribution in [-0.2, 0) is 5.41 Å². The van der Waals surface area contributed by atoms with E-state index in [1.807, 2.05) is 0 Å². The maximum Gasteiger partial charge on any atom is 0.0540 e. The lowest BCUT2D eigenvalue weighted by molar-refractivity contribution is 0.589. The van der Waals surface area contributed by atoms with Crippen molar-refractivity contribution in [1.29, 1.82) is 0 Å². The van der Waals surface area contributed by atoms with Gasteiger partial charge in [-0.05, 0) is 57.6 Å². The van der Waals surface area contributed by atoms with E-state index >= 15 is 0 Å². The highest BCUT2D eigenvalue weighted by Crippen LogP contribution is 2.31. The Balaban J connectivity index is 2.26. The van der Waals surface area contributed by atoms with E-state index in [4.69, 9.17) is 0 Å². The summed E-state index contributed by atoms with van der Waals surface area (Å²) in [4.78, 5) is 0. The normalized spacial score (nSPS) is 12.0. The molecule has 1 nitrogen and oxygen atoms in total. The predicted molar refractivity (Wildman–Crippen MR) is 94.4 cm³/mol. The second-order valence-electron chi connectivity index (χ2n) is 6.67. The third-order valence-electron chi connectivity index (χ3n) is 3.87. The molecule has 0 aliphatic rings. The third kappa shape index (κ3) is 2.65. The number of hydrogen-bond donors (Lipinski definition) is 0. The molecule has 0 saturated carbocycles. The van der Waals surface area contributed by atoms with Gasteiger partial charge in [0.1, 0.15) is 0 Å². The summed E-state index contributed by atoms with van der Waals surface area (Å²) in [6.45, 7) is 8.94. The maximum atomic E-state index is 3.67. The monoisotopic (exact) mass is 341 g/mol. The highest BCUT2D eigenvalue weighted by atomic mass is 79.9. The van der Waals surface area contributed by atoms with Gasteiger partial charge in [0.05, 0.1) is 5.52 Å². The van der Waals surface area contributed by atoms with Crippen LogP contribution >= 0.6 is 15.9 Å². The van der Waals surface area contributed by atoms with Crippen LogP contribution in [0.15, 0.2) is 53.1 Å². The van der Waals surface area contributed by atoms with E-state index in [-0.39, 0.29) is 5.41 Å². The molecular weight excluding hydrogens is 322 g/mol. The Morgan fingerprint density at radius 3 is 2.43 bits per heavy atom. The van der Waals surface area contributed by atoms with Crippen LogP contribution in [0.3, 0.4) is 0 Å². The number of para-hydroxylation sites is 1. The van der Waals surface area contributed by atoms with Crippen molar-refractivity contribution in [3.05, 3.63) is 64.3 Å². The Kier molecular flexibility index (Phi) is 3.45. The molecule has 1 aromatic heterocycles. The van der Waals surface area contributed by atoms with Crippen molar-refractivity contribution in [1.82, 2.24) is 4.57 Å². The lowest BCUT2D eigenvalue weighted by atomic mass is 9.86. The van der Waals surface area contributed by atoms with Crippen molar-refractivity contribution >= 4 is 26.8 Å². The molecule has 0 unspecified atom stereocenters. The van der Waals surface area contributed by atoms with Crippen LogP contribution in [-0.4, -0.2) is 4.57 Å². The highest BCUT2D eigenvalue weighted by Gasteiger charge is 2.16. The van der Waals surface area contributed by atoms with Gasteiger partial charge in [-0.1, -0.05) is 45.0 Å². The Labute approximate surface area is 134 Å². The molecule has 3 rings (SSSR count). The Morgan fingerprint density at radius 2 is 1.71 bits per heavy atom. The zero-order valence-electron chi connectivity index (χ0n) is 12.9. The number of aromatic nitrogens is 1. The topological polar surface area (TPSA) is 4.93 Å². The molecule has 0 N–H and O–H groups in total. The lowest BCUT2D eigenvalue weighted by Gasteiger charge is -2.21. The smallest absolute Gasteiger partial charge is 0.0540 e. The fourth-order valence-electron chi connectivity index (χ4n) is 2.69. The Hall–Kier alpha value is -1.54. The zero-order chi connectivity index (χ0) is 15.2. The van der Waals surface area contributed by atoms with Gasteiger partial charge in [0, 0.05) is 21.7 Å². The van der Waals surface area contributed by atoms with E-state index in [9.17, 15) is 0 Å². The van der Waals surface area contributed by atoms with Crippen LogP contribution in [0.4, 0.5) is 0 Å². The summed E-state index contributed by atoms with van der Waals surface area (Å²) in [5, 5.41) is 1.25. The summed E-state index contributed by atoms with van der Waals surface area (Å²) in [5.74, 6) is 0. The number of benzene rings is 2. The van der Waals surface area contributed by atoms with Gasteiger partial charge < -0.3 is 4.57 Å². The molecule has 0 bridgehead atoms. The molecule has 0 saturated heterocycles. The lowest BCUT2D eigenvalue weighted by Crippen LogP contribution is -2.12. The van der Waals surface area contributed by atoms with Crippen LogP contribution in [0.25, 0.3) is 16.6 Å². The van der Waals surface area contributed by atoms with Crippen LogP contribution in [0.5, 0.6) is 0 Å². The minimum atomic E-state index is 0.154. The van der Waals surface area contributed by atoms with Crippen molar-refractivity contribution in [2.75, 3.05) is 0 Å². The second kappa shape index (κ2) is 5.03. The largest absolute Gasteiger partial charge is 0.315 e. The van der Waals surface area contributed by atoms with Crippen molar-refractivity contribution in [2.24, 2.45) is 0 Å². The predicted octanol–water partition coefficient (Wildman–Crippen LogP) is 6.00. The van der Waals surface area contributed by atoms with Gasteiger partial charge in [-0.3, -0.25) is 0 Å². The van der Waals surface area contributed by atoms with Crippen LogP contribution in [0, 0.1) is 6.92 Å². The Bertz CT molecular complexity index is 806. The summed E-state index contributed by atoms with van der Waals surface area (Å²) in [6, 6.07) is 15.3. The van der Waals surface area contributed by atoms with E-state index in [0.717, 1.165) is 4.47 Å². The van der Waals surface area contributed by atoms with E-state index in [2.05, 4.69) is 96.9 Å². The number of aryl methyl sites for hydroxylation is 1. The molecule has 0 fully saturated rings. The molecule has 2 aromatic carbocycles. The fraction of sp³-hybridized carbons (Fsp3) is 0.263. The fourth-order valence-corrected chi connectivity index (χ4v) is 3.23. The first kappa shape index (κ1) is 14.4. The molecule has 0 aliphatic carbocycles. The highest BCUT2D eigenvalue weighted by molar-refractivity contribution is 9.10. The minimum Gasteiger partial charge on any atom is -0.315 e. The second-order valence-corrected chi connectivity index (χ2v) is 7.53. The third-order valence-corrected chi connectivity index (χ3v) is 4.50. The van der Waals surface area contributed by atoms with Gasteiger partial charge in [0.15, 0.2) is 0 Å². The molecule has 0 spiro atoms. The molecule has 2 heteroatoms. The first-order valence-corrected chi connectivity index (χ1v) is 8.04. The average molecular weight is 342 g/mol. The first-order chi connectivity index (χ1) is 9.86. The molecule has 3 aromatic rings. The van der Waals surface area contributed by atoms with E-state index in [0.29, 0.717) is 0 Å². The SMILES string of the molecule is Cc1cc(-n2cc(Br)c3ccccc32)cc(C(C)(C)C)c1. The summed E-state index contributed by atoms with van der Waals surface area (Å²) in [7, 11) is 0. The number of fused-ring (bicyclic) bond motifs is 1. The van der Waals surface area contributed by atoms with Crippen molar-refractivity contribution < 1.29 is 0 Å². The molecular formula is C19H20BrN. The van der Waals surface area contributed by atoms with Gasteiger partial charge >= 0.3 is 0 Å². The zero-order valence-corrected chi connectivity index (χ0v) is 14.5. The number of nitrogens with zero attached hydrogens (tertiary/aromatic N) is 1. The van der Waals surface area contributed by atoms with Gasteiger partial charge in [-0.15, -0.1) is 0 Å². The minimum absolute atomic E-state index is 0.154. The molecule has 0 radical (unpaired) electrons. The van der Waals surface area contributed by atoms with Crippen LogP contribution in [0.2, 0.25) is 0 Å². The van der Waals surface area contributed by atoms with E-state index in [1.54, 1.807) is 0 Å². The van der Waals surface area contributed by atoms with Crippen LogP contribution < -0.4 is 0 Å². The molecule has 108 valence electrons. The molecule has 1 heterocycles. The van der Waals surface area contributed by atoms with Crippen molar-refractivity contribution in [3.63, 3.8) is 0 Å². The summed E-state index contributed by atoms with van der Waals surface area (Å²) >= 11 is 3.67. The van der Waals surface area contributed by atoms with Gasteiger partial charge in [-0.25, -0.2) is 0 Å². The summed E-state index contributed by atoms with van der Waals surface area (Å²) in [6.07, 6.45) is 2.16. The number of halogens is 1. The van der Waals surface area contributed by atoms with Crippen molar-refractivity contribution in [3.8, 4) is 5.69 Å². The molecule has 0 aliphatic heterocycles. The first-order valence-electron chi connectivity index (χ1n) is 7.24. The average Bonchev–Trinajstić information content (AvgIpc) is 2.75. The van der Waals surface area contributed by atoms with Gasteiger partial charge in [0.2, 0.25) is 0 Å². The maximum absolute atomic E-state index is 3.67. The van der Waals surface area contributed by atoms with E-state index < -0.39 is 0 Å². The van der Waals surface area contributed by atoms with E-state index in [1.165, 1.54) is 27.7 Å². The standard InChI is InChI=1S/C19H20BrN/c1-13-9-14(19(2,3)4)11-15(10-13)21-12-17(20)16-7-5-6-8-18(16)21/h5-12H,1-4H3. The number of hydrogen-bond acceptors (Lipinski definition) is 0. The summed E-state index contributed by atoms with van der Waals surface area (Å²) < 4.78 is 3.40. The Morgan fingerprint density at radius 1 is 1.00 bits per heavy atom. The summed E-state index contributed by atoms with van der Waals surface area (Å²) in [5.41, 5.74) is 5.27. The molecule has 0 atom stereocenters. The number of rotatable bonds is 1. The molecule has 21 heavy (non-hydrogen) atoms. The molecule has 0 amide bonds. The van der Waals surface area contributed by atoms with Gasteiger partial charge in [0.25, 0.3) is 0 Å². The van der Waals surface area contributed by atoms with Crippen LogP contribution in [0.1, 0.15) is 31.9 Å². The van der Waals surface area contributed by atoms with Crippen molar-refractivity contribution in [2.45, 2.75) is 33.1 Å².